The van der Waals surface area contributed by atoms with E-state index in [4.69, 9.17) is 0 Å². The number of rotatable bonds is 5. The molecule has 10 heavy (non-hydrogen) atoms. The van der Waals surface area contributed by atoms with Crippen LogP contribution in [-0.2, 0) is 0 Å². The lowest BCUT2D eigenvalue weighted by Crippen LogP contribution is -2.14. The predicted molar refractivity (Wildman–Crippen MR) is 41.9 cm³/mol. The summed E-state index contributed by atoms with van der Waals surface area (Å²) in [6.45, 7) is 1.03. The highest BCUT2D eigenvalue weighted by Crippen LogP contribution is 2.34. The molecule has 0 aromatic heterocycles. The van der Waals surface area contributed by atoms with E-state index < -0.39 is 0 Å². The summed E-state index contributed by atoms with van der Waals surface area (Å²) in [6, 6.07) is 0. The minimum Gasteiger partial charge on any atom is -0.393 e. The molecule has 1 saturated carbocycles. The molecule has 1 rings (SSSR count). The van der Waals surface area contributed by atoms with Crippen LogP contribution < -0.4 is 5.32 Å². The highest BCUT2D eigenvalue weighted by molar-refractivity contribution is 4.80. The summed E-state index contributed by atoms with van der Waals surface area (Å²) in [5, 5.41) is 12.5. The summed E-state index contributed by atoms with van der Waals surface area (Å²) in [4.78, 5) is 0. The van der Waals surface area contributed by atoms with Gasteiger partial charge in [-0.15, -0.1) is 0 Å². The zero-order valence-corrected chi connectivity index (χ0v) is 6.64. The number of hydrogen-bond acceptors (Lipinski definition) is 2. The van der Waals surface area contributed by atoms with Crippen molar-refractivity contribution in [3.63, 3.8) is 0 Å². The summed E-state index contributed by atoms with van der Waals surface area (Å²) in [5.41, 5.74) is 0. The second kappa shape index (κ2) is 3.94. The third-order valence-corrected chi connectivity index (χ3v) is 2.09. The third kappa shape index (κ3) is 2.67. The normalized spacial score (nSPS) is 21.0. The van der Waals surface area contributed by atoms with Crippen LogP contribution in [0.15, 0.2) is 0 Å². The molecule has 0 aromatic carbocycles. The van der Waals surface area contributed by atoms with E-state index in [1.807, 2.05) is 7.05 Å². The quantitative estimate of drug-likeness (QED) is 0.557. The van der Waals surface area contributed by atoms with Crippen LogP contribution in [0.2, 0.25) is 0 Å². The number of aliphatic hydroxyl groups is 1. The van der Waals surface area contributed by atoms with Gasteiger partial charge < -0.3 is 10.4 Å². The molecular formula is C8H17NO. The van der Waals surface area contributed by atoms with Crippen molar-refractivity contribution in [3.8, 4) is 0 Å². The Bertz CT molecular complexity index is 91.3. The van der Waals surface area contributed by atoms with Crippen LogP contribution in [0.5, 0.6) is 0 Å². The molecule has 0 bridgehead atoms. The highest BCUT2D eigenvalue weighted by Gasteiger charge is 2.28. The second-order valence-corrected chi connectivity index (χ2v) is 3.15. The Balaban J connectivity index is 1.90. The van der Waals surface area contributed by atoms with Crippen LogP contribution in [0, 0.1) is 5.92 Å². The zero-order valence-electron chi connectivity index (χ0n) is 6.64. The van der Waals surface area contributed by atoms with E-state index in [9.17, 15) is 5.11 Å². The maximum Gasteiger partial charge on any atom is 0.0568 e. The van der Waals surface area contributed by atoms with Crippen molar-refractivity contribution >= 4 is 0 Å². The van der Waals surface area contributed by atoms with Gasteiger partial charge in [-0.05, 0) is 45.2 Å². The van der Waals surface area contributed by atoms with Crippen LogP contribution in [0.3, 0.4) is 0 Å². The maximum atomic E-state index is 9.39. The number of nitrogens with one attached hydrogen (secondary N) is 1. The zero-order chi connectivity index (χ0) is 7.40. The molecule has 2 N–H and O–H groups in total. The summed E-state index contributed by atoms with van der Waals surface area (Å²) in [7, 11) is 1.95. The van der Waals surface area contributed by atoms with Gasteiger partial charge in [-0.1, -0.05) is 0 Å². The van der Waals surface area contributed by atoms with Gasteiger partial charge in [0, 0.05) is 0 Å². The molecule has 0 saturated heterocycles. The minimum atomic E-state index is -0.00616. The van der Waals surface area contributed by atoms with Gasteiger partial charge in [0.15, 0.2) is 0 Å². The van der Waals surface area contributed by atoms with Crippen LogP contribution in [0.25, 0.3) is 0 Å². The molecule has 2 nitrogen and oxygen atoms in total. The summed E-state index contributed by atoms with van der Waals surface area (Å²) in [5.74, 6) is 0.650. The van der Waals surface area contributed by atoms with Gasteiger partial charge in [0.05, 0.1) is 6.10 Å². The van der Waals surface area contributed by atoms with E-state index in [2.05, 4.69) is 5.32 Å². The van der Waals surface area contributed by atoms with Crippen molar-refractivity contribution in [3.05, 3.63) is 0 Å². The van der Waals surface area contributed by atoms with Gasteiger partial charge in [-0.2, -0.15) is 0 Å². The summed E-state index contributed by atoms with van der Waals surface area (Å²) < 4.78 is 0. The van der Waals surface area contributed by atoms with Crippen molar-refractivity contribution in [1.82, 2.24) is 5.32 Å². The van der Waals surface area contributed by atoms with Crippen LogP contribution >= 0.6 is 0 Å². The van der Waals surface area contributed by atoms with Crippen molar-refractivity contribution in [1.29, 1.82) is 0 Å². The maximum absolute atomic E-state index is 9.39. The second-order valence-electron chi connectivity index (χ2n) is 3.15. The molecule has 1 aliphatic carbocycles. The van der Waals surface area contributed by atoms with Gasteiger partial charge in [-0.25, -0.2) is 0 Å². The molecule has 1 unspecified atom stereocenters. The fraction of sp³-hybridized carbons (Fsp3) is 1.00. The van der Waals surface area contributed by atoms with E-state index in [0.717, 1.165) is 19.4 Å². The van der Waals surface area contributed by atoms with Crippen molar-refractivity contribution < 1.29 is 5.11 Å². The Labute approximate surface area is 62.6 Å². The topological polar surface area (TPSA) is 32.3 Å². The fourth-order valence-electron chi connectivity index (χ4n) is 1.20. The number of aliphatic hydroxyl groups excluding tert-OH is 1. The predicted octanol–water partition coefficient (Wildman–Crippen LogP) is 0.757. The first-order chi connectivity index (χ1) is 4.84. The molecule has 0 heterocycles. The first-order valence-corrected chi connectivity index (χ1v) is 4.17. The molecule has 60 valence electrons. The lowest BCUT2D eigenvalue weighted by Gasteiger charge is -2.07. The Hall–Kier alpha value is -0.0800. The summed E-state index contributed by atoms with van der Waals surface area (Å²) >= 11 is 0. The largest absolute Gasteiger partial charge is 0.393 e. The molecule has 1 atom stereocenters. The lowest BCUT2D eigenvalue weighted by atomic mass is 10.1. The minimum absolute atomic E-state index is 0.00616. The molecule has 0 aliphatic heterocycles. The first kappa shape index (κ1) is 8.02. The van der Waals surface area contributed by atoms with Gasteiger partial charge in [0.1, 0.15) is 0 Å². The van der Waals surface area contributed by atoms with E-state index >= 15 is 0 Å². The molecule has 0 radical (unpaired) electrons. The lowest BCUT2D eigenvalue weighted by molar-refractivity contribution is 0.139. The molecule has 0 amide bonds. The Kier molecular flexibility index (Phi) is 3.16. The monoisotopic (exact) mass is 143 g/mol. The molecular weight excluding hydrogens is 126 g/mol. The SMILES string of the molecule is CNCCCC(O)C1CC1. The van der Waals surface area contributed by atoms with Crippen LogP contribution in [-0.4, -0.2) is 24.8 Å². The average molecular weight is 143 g/mol. The molecule has 0 aromatic rings. The highest BCUT2D eigenvalue weighted by atomic mass is 16.3. The van der Waals surface area contributed by atoms with E-state index in [1.54, 1.807) is 0 Å². The fourth-order valence-corrected chi connectivity index (χ4v) is 1.20. The smallest absolute Gasteiger partial charge is 0.0568 e. The average Bonchev–Trinajstić information content (AvgIpc) is 2.69. The van der Waals surface area contributed by atoms with Crippen molar-refractivity contribution in [2.24, 2.45) is 5.92 Å². The standard InChI is InChI=1S/C8H17NO/c1-9-6-2-3-8(10)7-4-5-7/h7-10H,2-6H2,1H3. The van der Waals surface area contributed by atoms with E-state index in [0.29, 0.717) is 5.92 Å². The first-order valence-electron chi connectivity index (χ1n) is 4.17. The molecule has 1 fully saturated rings. The van der Waals surface area contributed by atoms with Gasteiger partial charge in [0.25, 0.3) is 0 Å². The van der Waals surface area contributed by atoms with Gasteiger partial charge in [-0.3, -0.25) is 0 Å². The molecule has 1 aliphatic rings. The van der Waals surface area contributed by atoms with Crippen molar-refractivity contribution in [2.45, 2.75) is 31.8 Å². The molecule has 2 heteroatoms. The van der Waals surface area contributed by atoms with Gasteiger partial charge in [0.2, 0.25) is 0 Å². The molecule has 0 spiro atoms. The van der Waals surface area contributed by atoms with Crippen molar-refractivity contribution in [2.75, 3.05) is 13.6 Å². The summed E-state index contributed by atoms with van der Waals surface area (Å²) in [6.07, 6.45) is 4.58. The third-order valence-electron chi connectivity index (χ3n) is 2.09. The van der Waals surface area contributed by atoms with Crippen LogP contribution in [0.1, 0.15) is 25.7 Å². The van der Waals surface area contributed by atoms with Crippen LogP contribution in [0.4, 0.5) is 0 Å². The number of hydrogen-bond donors (Lipinski definition) is 2. The van der Waals surface area contributed by atoms with E-state index in [1.165, 1.54) is 12.8 Å². The Morgan fingerprint density at radius 2 is 2.30 bits per heavy atom. The Morgan fingerprint density at radius 3 is 2.80 bits per heavy atom. The van der Waals surface area contributed by atoms with E-state index in [-0.39, 0.29) is 6.10 Å². The van der Waals surface area contributed by atoms with Gasteiger partial charge >= 0.3 is 0 Å². The Morgan fingerprint density at radius 1 is 1.60 bits per heavy atom.